The SMILES string of the molecule is COC(=O)c1cc(NC(=O)c2cccc([N+](=O)[O-])c2)ccc1Cl. The van der Waals surface area contributed by atoms with Crippen LogP contribution in [0.1, 0.15) is 20.7 Å². The third-order valence-electron chi connectivity index (χ3n) is 2.95. The van der Waals surface area contributed by atoms with Crippen LogP contribution in [0, 0.1) is 10.1 Å². The Bertz CT molecular complexity index is 791. The molecule has 2 rings (SSSR count). The molecule has 2 aromatic rings. The Morgan fingerprint density at radius 3 is 2.61 bits per heavy atom. The fourth-order valence-electron chi connectivity index (χ4n) is 1.83. The van der Waals surface area contributed by atoms with E-state index in [1.165, 1.54) is 43.5 Å². The Morgan fingerprint density at radius 2 is 1.96 bits per heavy atom. The summed E-state index contributed by atoms with van der Waals surface area (Å²) in [7, 11) is 1.22. The average molecular weight is 335 g/mol. The molecule has 0 heterocycles. The van der Waals surface area contributed by atoms with Crippen molar-refractivity contribution in [2.45, 2.75) is 0 Å². The van der Waals surface area contributed by atoms with Gasteiger partial charge in [0.05, 0.1) is 22.6 Å². The van der Waals surface area contributed by atoms with Crippen LogP contribution in [-0.4, -0.2) is 23.9 Å². The van der Waals surface area contributed by atoms with Crippen LogP contribution < -0.4 is 5.32 Å². The number of nitrogens with one attached hydrogen (secondary N) is 1. The van der Waals surface area contributed by atoms with Gasteiger partial charge in [-0.25, -0.2) is 4.79 Å². The number of non-ortho nitro benzene ring substituents is 1. The van der Waals surface area contributed by atoms with Crippen molar-refractivity contribution in [3.8, 4) is 0 Å². The number of carbonyl (C=O) groups excluding carboxylic acids is 2. The molecule has 0 spiro atoms. The van der Waals surface area contributed by atoms with Crippen molar-refractivity contribution in [1.29, 1.82) is 0 Å². The van der Waals surface area contributed by atoms with Gasteiger partial charge >= 0.3 is 5.97 Å². The van der Waals surface area contributed by atoms with Gasteiger partial charge in [-0.3, -0.25) is 14.9 Å². The summed E-state index contributed by atoms with van der Waals surface area (Å²) in [4.78, 5) is 33.9. The lowest BCUT2D eigenvalue weighted by Crippen LogP contribution is -2.13. The summed E-state index contributed by atoms with van der Waals surface area (Å²) in [6.45, 7) is 0. The van der Waals surface area contributed by atoms with Crippen molar-refractivity contribution in [2.75, 3.05) is 12.4 Å². The van der Waals surface area contributed by atoms with E-state index < -0.39 is 16.8 Å². The van der Waals surface area contributed by atoms with Crippen molar-refractivity contribution >= 4 is 34.9 Å². The fraction of sp³-hybridized carbons (Fsp3) is 0.0667. The quantitative estimate of drug-likeness (QED) is 0.525. The zero-order chi connectivity index (χ0) is 17.0. The molecule has 2 aromatic carbocycles. The highest BCUT2D eigenvalue weighted by molar-refractivity contribution is 6.33. The summed E-state index contributed by atoms with van der Waals surface area (Å²) in [5.41, 5.74) is 0.343. The highest BCUT2D eigenvalue weighted by Crippen LogP contribution is 2.22. The second-order valence-corrected chi connectivity index (χ2v) is 4.85. The number of benzene rings is 2. The van der Waals surface area contributed by atoms with Gasteiger partial charge in [-0.15, -0.1) is 0 Å². The average Bonchev–Trinajstić information content (AvgIpc) is 2.55. The van der Waals surface area contributed by atoms with Crippen LogP contribution in [0.2, 0.25) is 5.02 Å². The van der Waals surface area contributed by atoms with Crippen molar-refractivity contribution in [3.63, 3.8) is 0 Å². The van der Waals surface area contributed by atoms with Crippen LogP contribution in [0.3, 0.4) is 0 Å². The number of halogens is 1. The minimum atomic E-state index is -0.638. The number of nitro groups is 1. The smallest absolute Gasteiger partial charge is 0.339 e. The number of methoxy groups -OCH3 is 1. The molecule has 0 saturated carbocycles. The highest BCUT2D eigenvalue weighted by atomic mass is 35.5. The molecule has 0 saturated heterocycles. The Hall–Kier alpha value is -2.93. The molecule has 0 aliphatic carbocycles. The van der Waals surface area contributed by atoms with Crippen LogP contribution in [0.25, 0.3) is 0 Å². The van der Waals surface area contributed by atoms with Crippen LogP contribution in [0.5, 0.6) is 0 Å². The Balaban J connectivity index is 2.25. The molecule has 0 unspecified atom stereocenters. The predicted octanol–water partition coefficient (Wildman–Crippen LogP) is 3.29. The topological polar surface area (TPSA) is 98.5 Å². The molecule has 7 nitrogen and oxygen atoms in total. The predicted molar refractivity (Wildman–Crippen MR) is 83.8 cm³/mol. The number of anilines is 1. The summed E-state index contributed by atoms with van der Waals surface area (Å²) < 4.78 is 4.59. The van der Waals surface area contributed by atoms with Crippen LogP contribution in [0.4, 0.5) is 11.4 Å². The van der Waals surface area contributed by atoms with Gasteiger partial charge in [0.15, 0.2) is 0 Å². The molecule has 118 valence electrons. The molecular weight excluding hydrogens is 324 g/mol. The van der Waals surface area contributed by atoms with Gasteiger partial charge in [-0.1, -0.05) is 17.7 Å². The van der Waals surface area contributed by atoms with Gasteiger partial charge in [0.2, 0.25) is 0 Å². The molecule has 0 fully saturated rings. The lowest BCUT2D eigenvalue weighted by atomic mass is 10.1. The summed E-state index contributed by atoms with van der Waals surface area (Å²) in [5.74, 6) is -1.19. The Kier molecular flexibility index (Phi) is 4.92. The number of rotatable bonds is 4. The maximum absolute atomic E-state index is 12.1. The number of carbonyl (C=O) groups is 2. The zero-order valence-electron chi connectivity index (χ0n) is 11.9. The number of amides is 1. The van der Waals surface area contributed by atoms with Gasteiger partial charge < -0.3 is 10.1 Å². The molecule has 1 N–H and O–H groups in total. The van der Waals surface area contributed by atoms with Crippen molar-refractivity contribution < 1.29 is 19.2 Å². The van der Waals surface area contributed by atoms with Crippen molar-refractivity contribution in [2.24, 2.45) is 0 Å². The number of hydrogen-bond donors (Lipinski definition) is 1. The van der Waals surface area contributed by atoms with E-state index in [0.29, 0.717) is 5.69 Å². The first-order chi connectivity index (χ1) is 10.9. The van der Waals surface area contributed by atoms with E-state index in [2.05, 4.69) is 10.1 Å². The first-order valence-corrected chi connectivity index (χ1v) is 6.74. The Labute approximate surface area is 136 Å². The van der Waals surface area contributed by atoms with Crippen LogP contribution >= 0.6 is 11.6 Å². The summed E-state index contributed by atoms with van der Waals surface area (Å²) in [6, 6.07) is 9.61. The maximum atomic E-state index is 12.1. The molecule has 0 atom stereocenters. The number of nitro benzene ring substituents is 1. The molecule has 0 aliphatic rings. The third kappa shape index (κ3) is 3.83. The molecule has 0 aliphatic heterocycles. The second kappa shape index (κ2) is 6.89. The lowest BCUT2D eigenvalue weighted by Gasteiger charge is -2.08. The number of nitrogens with zero attached hydrogens (tertiary/aromatic N) is 1. The second-order valence-electron chi connectivity index (χ2n) is 4.45. The standard InChI is InChI=1S/C15H11ClN2O5/c1-23-15(20)12-8-10(5-6-13(12)16)17-14(19)9-3-2-4-11(7-9)18(21)22/h2-8H,1H3,(H,17,19). The number of esters is 1. The molecule has 0 bridgehead atoms. The minimum Gasteiger partial charge on any atom is -0.465 e. The zero-order valence-corrected chi connectivity index (χ0v) is 12.7. The van der Waals surface area contributed by atoms with Crippen molar-refractivity contribution in [3.05, 3.63) is 68.7 Å². The normalized spacial score (nSPS) is 10.0. The molecule has 8 heteroatoms. The largest absolute Gasteiger partial charge is 0.465 e. The van der Waals surface area contributed by atoms with E-state index in [1.807, 2.05) is 0 Å². The van der Waals surface area contributed by atoms with Crippen LogP contribution in [-0.2, 0) is 4.74 Å². The number of ether oxygens (including phenoxy) is 1. The van der Waals surface area contributed by atoms with Gasteiger partial charge in [0.25, 0.3) is 11.6 Å². The summed E-state index contributed by atoms with van der Waals surface area (Å²) >= 11 is 5.89. The fourth-order valence-corrected chi connectivity index (χ4v) is 2.03. The Morgan fingerprint density at radius 1 is 1.22 bits per heavy atom. The van der Waals surface area contributed by atoms with Gasteiger partial charge in [0.1, 0.15) is 0 Å². The van der Waals surface area contributed by atoms with Gasteiger partial charge in [-0.2, -0.15) is 0 Å². The summed E-state index contributed by atoms with van der Waals surface area (Å²) in [6.07, 6.45) is 0. The van der Waals surface area contributed by atoms with Gasteiger partial charge in [-0.05, 0) is 24.3 Å². The van der Waals surface area contributed by atoms with Crippen molar-refractivity contribution in [1.82, 2.24) is 0 Å². The first kappa shape index (κ1) is 16.4. The number of hydrogen-bond acceptors (Lipinski definition) is 5. The third-order valence-corrected chi connectivity index (χ3v) is 3.28. The van der Waals surface area contributed by atoms with E-state index in [4.69, 9.17) is 11.6 Å². The van der Waals surface area contributed by atoms with E-state index in [0.717, 1.165) is 6.07 Å². The van der Waals surface area contributed by atoms with E-state index in [9.17, 15) is 19.7 Å². The first-order valence-electron chi connectivity index (χ1n) is 6.36. The van der Waals surface area contributed by atoms with E-state index in [1.54, 1.807) is 0 Å². The van der Waals surface area contributed by atoms with E-state index >= 15 is 0 Å². The van der Waals surface area contributed by atoms with Crippen LogP contribution in [0.15, 0.2) is 42.5 Å². The minimum absolute atomic E-state index is 0.103. The van der Waals surface area contributed by atoms with E-state index in [-0.39, 0.29) is 21.8 Å². The summed E-state index contributed by atoms with van der Waals surface area (Å²) in [5, 5.41) is 13.5. The highest BCUT2D eigenvalue weighted by Gasteiger charge is 2.15. The molecule has 23 heavy (non-hydrogen) atoms. The monoisotopic (exact) mass is 334 g/mol. The molecule has 1 amide bonds. The van der Waals surface area contributed by atoms with Gasteiger partial charge in [0, 0.05) is 23.4 Å². The molecule has 0 aromatic heterocycles. The maximum Gasteiger partial charge on any atom is 0.339 e. The lowest BCUT2D eigenvalue weighted by molar-refractivity contribution is -0.384. The molecular formula is C15H11ClN2O5. The molecule has 0 radical (unpaired) electrons.